The zero-order chi connectivity index (χ0) is 9.03. The normalized spacial score (nSPS) is 28.0. The van der Waals surface area contributed by atoms with Crippen molar-refractivity contribution in [2.75, 3.05) is 0 Å². The van der Waals surface area contributed by atoms with Crippen LogP contribution >= 0.6 is 0 Å². The molecule has 1 rings (SSSR count). The van der Waals surface area contributed by atoms with Crippen LogP contribution < -0.4 is 0 Å². The summed E-state index contributed by atoms with van der Waals surface area (Å²) in [5.41, 5.74) is 0.852. The van der Waals surface area contributed by atoms with Gasteiger partial charge in [-0.15, -0.1) is 0 Å². The summed E-state index contributed by atoms with van der Waals surface area (Å²) in [5.74, 6) is 0. The van der Waals surface area contributed by atoms with Crippen molar-refractivity contribution in [1.29, 1.82) is 0 Å². The molecule has 1 aliphatic rings. The Morgan fingerprint density at radius 1 is 1.50 bits per heavy atom. The van der Waals surface area contributed by atoms with Crippen molar-refractivity contribution in [2.45, 2.75) is 20.3 Å². The highest BCUT2D eigenvalue weighted by molar-refractivity contribution is 5.66. The van der Waals surface area contributed by atoms with Crippen molar-refractivity contribution < 1.29 is 4.79 Å². The Morgan fingerprint density at radius 3 is 2.83 bits per heavy atom. The van der Waals surface area contributed by atoms with Crippen LogP contribution in [-0.2, 0) is 4.79 Å². The molecule has 0 heterocycles. The predicted molar refractivity (Wildman–Crippen MR) is 50.8 cm³/mol. The van der Waals surface area contributed by atoms with E-state index in [1.54, 1.807) is 0 Å². The molecule has 0 radical (unpaired) electrons. The summed E-state index contributed by atoms with van der Waals surface area (Å²) in [7, 11) is 0. The van der Waals surface area contributed by atoms with Gasteiger partial charge in [-0.05, 0) is 18.9 Å². The Morgan fingerprint density at radius 2 is 2.25 bits per heavy atom. The summed E-state index contributed by atoms with van der Waals surface area (Å²) in [6.07, 6.45) is 11.9. The summed E-state index contributed by atoms with van der Waals surface area (Å²) in [4.78, 5) is 10.7. The van der Waals surface area contributed by atoms with E-state index in [-0.39, 0.29) is 0 Å². The standard InChI is InChI=1S/C11H14O/c1-3-10-5-4-7-11(2,9-12)8-6-10/h4-9H,3H2,1-2H3. The summed E-state index contributed by atoms with van der Waals surface area (Å²) in [5, 5.41) is 0. The van der Waals surface area contributed by atoms with Gasteiger partial charge in [0, 0.05) is 0 Å². The van der Waals surface area contributed by atoms with Crippen molar-refractivity contribution in [3.63, 3.8) is 0 Å². The van der Waals surface area contributed by atoms with Gasteiger partial charge >= 0.3 is 0 Å². The molecule has 1 nitrogen and oxygen atoms in total. The molecule has 1 unspecified atom stereocenters. The number of aldehydes is 1. The van der Waals surface area contributed by atoms with Gasteiger partial charge in [-0.3, -0.25) is 0 Å². The SMILES string of the molecule is CCC1=CC=CC(C)(C=O)C=C1. The fourth-order valence-corrected chi connectivity index (χ4v) is 1.09. The first-order chi connectivity index (χ1) is 5.70. The number of carbonyl (C=O) groups excluding carboxylic acids is 1. The average Bonchev–Trinajstić information content (AvgIpc) is 2.28. The summed E-state index contributed by atoms with van der Waals surface area (Å²) >= 11 is 0. The van der Waals surface area contributed by atoms with Crippen LogP contribution in [0.5, 0.6) is 0 Å². The van der Waals surface area contributed by atoms with E-state index >= 15 is 0 Å². The Bertz CT molecular complexity index is 258. The van der Waals surface area contributed by atoms with Crippen LogP contribution in [0.3, 0.4) is 0 Å². The van der Waals surface area contributed by atoms with E-state index in [9.17, 15) is 4.79 Å². The average molecular weight is 162 g/mol. The second-order valence-corrected chi connectivity index (χ2v) is 3.27. The Balaban J connectivity index is 2.90. The minimum atomic E-state index is -0.409. The summed E-state index contributed by atoms with van der Waals surface area (Å²) < 4.78 is 0. The monoisotopic (exact) mass is 162 g/mol. The van der Waals surface area contributed by atoms with Crippen molar-refractivity contribution in [1.82, 2.24) is 0 Å². The van der Waals surface area contributed by atoms with Crippen molar-refractivity contribution in [3.8, 4) is 0 Å². The van der Waals surface area contributed by atoms with E-state index in [2.05, 4.69) is 6.92 Å². The van der Waals surface area contributed by atoms with Crippen LogP contribution in [0.1, 0.15) is 20.3 Å². The highest BCUT2D eigenvalue weighted by atomic mass is 16.1. The minimum Gasteiger partial charge on any atom is -0.302 e. The van der Waals surface area contributed by atoms with Crippen molar-refractivity contribution in [3.05, 3.63) is 36.0 Å². The van der Waals surface area contributed by atoms with E-state index < -0.39 is 5.41 Å². The highest BCUT2D eigenvalue weighted by Crippen LogP contribution is 2.21. The Labute approximate surface area is 73.5 Å². The lowest BCUT2D eigenvalue weighted by atomic mass is 9.92. The van der Waals surface area contributed by atoms with Crippen LogP contribution in [0.25, 0.3) is 0 Å². The molecule has 0 aliphatic heterocycles. The maximum absolute atomic E-state index is 10.7. The van der Waals surface area contributed by atoms with Gasteiger partial charge in [-0.25, -0.2) is 0 Å². The third-order valence-electron chi connectivity index (χ3n) is 2.08. The van der Waals surface area contributed by atoms with Crippen LogP contribution in [0, 0.1) is 5.41 Å². The van der Waals surface area contributed by atoms with Gasteiger partial charge in [0.05, 0.1) is 5.41 Å². The first-order valence-electron chi connectivity index (χ1n) is 4.24. The first kappa shape index (κ1) is 8.98. The molecule has 0 fully saturated rings. The lowest BCUT2D eigenvalue weighted by Crippen LogP contribution is -2.09. The molecular formula is C11H14O. The number of carbonyl (C=O) groups is 1. The fraction of sp³-hybridized carbons (Fsp3) is 0.364. The van der Waals surface area contributed by atoms with E-state index in [4.69, 9.17) is 0 Å². The first-order valence-corrected chi connectivity index (χ1v) is 4.24. The van der Waals surface area contributed by atoms with Gasteiger partial charge in [-0.2, -0.15) is 0 Å². The lowest BCUT2D eigenvalue weighted by molar-refractivity contribution is -0.111. The van der Waals surface area contributed by atoms with Crippen LogP contribution in [0.15, 0.2) is 36.0 Å². The smallest absolute Gasteiger partial charge is 0.133 e. The van der Waals surface area contributed by atoms with E-state index in [1.807, 2.05) is 37.3 Å². The van der Waals surface area contributed by atoms with Gasteiger partial charge in [-0.1, -0.05) is 37.3 Å². The van der Waals surface area contributed by atoms with Gasteiger partial charge in [0.25, 0.3) is 0 Å². The topological polar surface area (TPSA) is 17.1 Å². The molecule has 0 bridgehead atoms. The molecule has 0 N–H and O–H groups in total. The molecule has 1 aliphatic carbocycles. The fourth-order valence-electron chi connectivity index (χ4n) is 1.09. The molecule has 0 saturated carbocycles. The van der Waals surface area contributed by atoms with Crippen LogP contribution in [0.4, 0.5) is 0 Å². The third-order valence-corrected chi connectivity index (χ3v) is 2.08. The third kappa shape index (κ3) is 1.94. The molecule has 12 heavy (non-hydrogen) atoms. The summed E-state index contributed by atoms with van der Waals surface area (Å²) in [6, 6.07) is 0. The number of rotatable bonds is 2. The van der Waals surface area contributed by atoms with Crippen LogP contribution in [0.2, 0.25) is 0 Å². The van der Waals surface area contributed by atoms with Gasteiger partial charge in [0.15, 0.2) is 0 Å². The zero-order valence-corrected chi connectivity index (χ0v) is 7.58. The van der Waals surface area contributed by atoms with Crippen LogP contribution in [-0.4, -0.2) is 6.29 Å². The number of hydrogen-bond donors (Lipinski definition) is 0. The maximum atomic E-state index is 10.7. The molecule has 0 aromatic rings. The zero-order valence-electron chi connectivity index (χ0n) is 7.58. The molecule has 0 spiro atoms. The van der Waals surface area contributed by atoms with E-state index in [0.717, 1.165) is 12.7 Å². The molecule has 1 heteroatoms. The maximum Gasteiger partial charge on any atom is 0.133 e. The molecule has 1 atom stereocenters. The molecule has 0 aromatic carbocycles. The van der Waals surface area contributed by atoms with Crippen molar-refractivity contribution >= 4 is 6.29 Å². The number of hydrogen-bond acceptors (Lipinski definition) is 1. The largest absolute Gasteiger partial charge is 0.302 e. The van der Waals surface area contributed by atoms with E-state index in [0.29, 0.717) is 0 Å². The van der Waals surface area contributed by atoms with Gasteiger partial charge in [0.1, 0.15) is 6.29 Å². The molecular weight excluding hydrogens is 148 g/mol. The second-order valence-electron chi connectivity index (χ2n) is 3.27. The second kappa shape index (κ2) is 3.53. The Kier molecular flexibility index (Phi) is 2.64. The quantitative estimate of drug-likeness (QED) is 0.570. The Hall–Kier alpha value is -1.11. The molecule has 64 valence electrons. The summed E-state index contributed by atoms with van der Waals surface area (Å²) in [6.45, 7) is 4.01. The molecule has 0 saturated heterocycles. The van der Waals surface area contributed by atoms with Gasteiger partial charge in [0.2, 0.25) is 0 Å². The van der Waals surface area contributed by atoms with E-state index in [1.165, 1.54) is 5.57 Å². The lowest BCUT2D eigenvalue weighted by Gasteiger charge is -2.10. The minimum absolute atomic E-state index is 0.409. The highest BCUT2D eigenvalue weighted by Gasteiger charge is 2.15. The predicted octanol–water partition coefficient (Wildman–Crippen LogP) is 2.65. The molecule has 0 aromatic heterocycles. The van der Waals surface area contributed by atoms with Gasteiger partial charge < -0.3 is 4.79 Å². The number of allylic oxidation sites excluding steroid dienone is 6. The molecule has 0 amide bonds. The van der Waals surface area contributed by atoms with Crippen molar-refractivity contribution in [2.24, 2.45) is 5.41 Å².